The minimum atomic E-state index is -0.385. The fourth-order valence-electron chi connectivity index (χ4n) is 2.31. The van der Waals surface area contributed by atoms with Gasteiger partial charge in [-0.1, -0.05) is 6.07 Å². The van der Waals surface area contributed by atoms with Crippen molar-refractivity contribution in [2.75, 3.05) is 7.11 Å². The number of nitrogens with two attached hydrogens (primary N) is 1. The van der Waals surface area contributed by atoms with E-state index in [0.29, 0.717) is 22.0 Å². The van der Waals surface area contributed by atoms with Crippen LogP contribution in [0.25, 0.3) is 17.4 Å². The summed E-state index contributed by atoms with van der Waals surface area (Å²) in [4.78, 5) is 27.2. The van der Waals surface area contributed by atoms with Crippen LogP contribution >= 0.6 is 11.8 Å². The van der Waals surface area contributed by atoms with Gasteiger partial charge in [0.05, 0.1) is 17.6 Å². The number of hydrogen-bond donors (Lipinski definition) is 1. The lowest BCUT2D eigenvalue weighted by Gasteiger charge is -2.05. The first-order valence-electron chi connectivity index (χ1n) is 7.05. The molecule has 2 N–H and O–H groups in total. The van der Waals surface area contributed by atoms with Crippen molar-refractivity contribution in [3.63, 3.8) is 0 Å². The maximum Gasteiger partial charge on any atom is 0.337 e. The van der Waals surface area contributed by atoms with Gasteiger partial charge in [-0.2, -0.15) is 4.99 Å². The first-order chi connectivity index (χ1) is 11.5. The number of methoxy groups -OCH3 is 1. The number of amides is 1. The number of carbonyl (C=O) groups excluding carboxylic acids is 2. The number of benzene rings is 1. The van der Waals surface area contributed by atoms with Crippen molar-refractivity contribution < 1.29 is 18.7 Å². The number of rotatable bonds is 3. The van der Waals surface area contributed by atoms with Gasteiger partial charge in [-0.3, -0.25) is 4.79 Å². The summed E-state index contributed by atoms with van der Waals surface area (Å²) >= 11 is 1.11. The number of carbonyl (C=O) groups is 2. The molecule has 0 aliphatic carbocycles. The monoisotopic (exact) mass is 342 g/mol. The van der Waals surface area contributed by atoms with Crippen LogP contribution in [0.15, 0.2) is 44.6 Å². The highest BCUT2D eigenvalue weighted by Gasteiger charge is 2.20. The molecule has 2 heterocycles. The number of thioether (sulfide) groups is 1. The number of amidine groups is 1. The third-order valence-electron chi connectivity index (χ3n) is 3.45. The summed E-state index contributed by atoms with van der Waals surface area (Å²) in [7, 11) is 1.34. The molecule has 3 rings (SSSR count). The van der Waals surface area contributed by atoms with Gasteiger partial charge < -0.3 is 14.9 Å². The molecular formula is C17H14N2O4S. The van der Waals surface area contributed by atoms with Gasteiger partial charge >= 0.3 is 5.97 Å². The molecule has 0 atom stereocenters. The lowest BCUT2D eigenvalue weighted by molar-refractivity contribution is -0.113. The molecule has 0 saturated carbocycles. The average Bonchev–Trinajstić information content (AvgIpc) is 3.13. The minimum Gasteiger partial charge on any atom is -0.465 e. The van der Waals surface area contributed by atoms with Crippen molar-refractivity contribution in [2.24, 2.45) is 10.7 Å². The maximum absolute atomic E-state index is 11.6. The average molecular weight is 342 g/mol. The number of aliphatic imine (C=N–C) groups is 1. The quantitative estimate of drug-likeness (QED) is 0.680. The van der Waals surface area contributed by atoms with Crippen LogP contribution < -0.4 is 5.73 Å². The standard InChI is InChI=1S/C17H14N2O4S/c1-9-7-10(16(21)22-2)3-5-12(9)13-6-4-11(23-13)8-14-15(20)19-17(18)24-14/h3-8H,1-2H3,(H2,18,19,20). The van der Waals surface area contributed by atoms with Crippen LogP contribution in [-0.4, -0.2) is 24.2 Å². The van der Waals surface area contributed by atoms with Crippen molar-refractivity contribution in [1.29, 1.82) is 0 Å². The number of ether oxygens (including phenoxy) is 1. The number of esters is 1. The second-order valence-electron chi connectivity index (χ2n) is 5.09. The van der Waals surface area contributed by atoms with E-state index in [-0.39, 0.29) is 17.0 Å². The molecule has 1 aromatic carbocycles. The first-order valence-corrected chi connectivity index (χ1v) is 7.87. The highest BCUT2D eigenvalue weighted by Crippen LogP contribution is 2.30. The smallest absolute Gasteiger partial charge is 0.337 e. The van der Waals surface area contributed by atoms with Gasteiger partial charge in [0.1, 0.15) is 11.5 Å². The molecule has 1 aliphatic rings. The first kappa shape index (κ1) is 16.1. The van der Waals surface area contributed by atoms with Crippen LogP contribution in [0.2, 0.25) is 0 Å². The van der Waals surface area contributed by atoms with Gasteiger partial charge in [0, 0.05) is 11.6 Å². The molecule has 7 heteroatoms. The second-order valence-corrected chi connectivity index (χ2v) is 6.15. The van der Waals surface area contributed by atoms with E-state index in [1.165, 1.54) is 7.11 Å². The molecule has 0 fully saturated rings. The highest BCUT2D eigenvalue weighted by atomic mass is 32.2. The van der Waals surface area contributed by atoms with Crippen LogP contribution in [0.3, 0.4) is 0 Å². The Morgan fingerprint density at radius 1 is 1.33 bits per heavy atom. The summed E-state index contributed by atoms with van der Waals surface area (Å²) in [6.45, 7) is 1.88. The summed E-state index contributed by atoms with van der Waals surface area (Å²) in [5, 5.41) is 0.229. The molecule has 0 unspecified atom stereocenters. The number of nitrogens with zero attached hydrogens (tertiary/aromatic N) is 1. The van der Waals surface area contributed by atoms with Crippen LogP contribution in [0.4, 0.5) is 0 Å². The van der Waals surface area contributed by atoms with E-state index in [9.17, 15) is 9.59 Å². The zero-order valence-electron chi connectivity index (χ0n) is 13.0. The van der Waals surface area contributed by atoms with Crippen molar-refractivity contribution in [3.05, 3.63) is 52.1 Å². The molecule has 122 valence electrons. The van der Waals surface area contributed by atoms with Gasteiger partial charge in [-0.15, -0.1) is 0 Å². The largest absolute Gasteiger partial charge is 0.465 e. The summed E-state index contributed by atoms with van der Waals surface area (Å²) in [5.74, 6) is 0.417. The Labute approximate surface area is 142 Å². The molecule has 1 amide bonds. The van der Waals surface area contributed by atoms with Crippen molar-refractivity contribution in [1.82, 2.24) is 0 Å². The van der Waals surface area contributed by atoms with Crippen LogP contribution in [-0.2, 0) is 9.53 Å². The van der Waals surface area contributed by atoms with Crippen LogP contribution in [0, 0.1) is 6.92 Å². The van der Waals surface area contributed by atoms with Crippen LogP contribution in [0.1, 0.15) is 21.7 Å². The fourth-order valence-corrected chi connectivity index (χ4v) is 2.98. The van der Waals surface area contributed by atoms with Crippen molar-refractivity contribution >= 4 is 34.9 Å². The van der Waals surface area contributed by atoms with Crippen molar-refractivity contribution in [2.45, 2.75) is 6.92 Å². The normalized spacial score (nSPS) is 15.7. The number of hydrogen-bond acceptors (Lipinski definition) is 6. The van der Waals surface area contributed by atoms with Gasteiger partial charge in [0.2, 0.25) is 0 Å². The molecule has 0 radical (unpaired) electrons. The molecule has 0 saturated heterocycles. The van der Waals surface area contributed by atoms with E-state index in [4.69, 9.17) is 14.9 Å². The maximum atomic E-state index is 11.6. The van der Waals surface area contributed by atoms with Gasteiger partial charge in [-0.25, -0.2) is 4.79 Å². The predicted molar refractivity (Wildman–Crippen MR) is 92.4 cm³/mol. The Hall–Kier alpha value is -2.80. The van der Waals surface area contributed by atoms with Gasteiger partial charge in [0.15, 0.2) is 5.17 Å². The number of aryl methyl sites for hydroxylation is 1. The molecule has 0 spiro atoms. The van der Waals surface area contributed by atoms with E-state index >= 15 is 0 Å². The Bertz CT molecular complexity index is 896. The summed E-state index contributed by atoms with van der Waals surface area (Å²) in [5.41, 5.74) is 7.73. The summed E-state index contributed by atoms with van der Waals surface area (Å²) < 4.78 is 10.5. The highest BCUT2D eigenvalue weighted by molar-refractivity contribution is 8.18. The fraction of sp³-hybridized carbons (Fsp3) is 0.118. The number of furan rings is 1. The molecular weight excluding hydrogens is 328 g/mol. The molecule has 6 nitrogen and oxygen atoms in total. The van der Waals surface area contributed by atoms with E-state index in [0.717, 1.165) is 22.9 Å². The Morgan fingerprint density at radius 3 is 2.75 bits per heavy atom. The Kier molecular flexibility index (Phi) is 4.26. The lowest BCUT2D eigenvalue weighted by Crippen LogP contribution is -2.01. The molecule has 0 bridgehead atoms. The Balaban J connectivity index is 1.88. The zero-order valence-corrected chi connectivity index (χ0v) is 13.8. The SMILES string of the molecule is COC(=O)c1ccc(-c2ccc(C=C3SC(N)=NC3=O)o2)c(C)c1. The van der Waals surface area contributed by atoms with E-state index in [1.807, 2.05) is 6.92 Å². The molecule has 1 aromatic heterocycles. The predicted octanol–water partition coefficient (Wildman–Crippen LogP) is 2.97. The van der Waals surface area contributed by atoms with Gasteiger partial charge in [-0.05, 0) is 48.5 Å². The molecule has 24 heavy (non-hydrogen) atoms. The molecule has 1 aliphatic heterocycles. The van der Waals surface area contributed by atoms with E-state index in [2.05, 4.69) is 4.99 Å². The lowest BCUT2D eigenvalue weighted by atomic mass is 10.0. The van der Waals surface area contributed by atoms with Crippen molar-refractivity contribution in [3.8, 4) is 11.3 Å². The van der Waals surface area contributed by atoms with E-state index in [1.54, 1.807) is 36.4 Å². The van der Waals surface area contributed by atoms with Crippen LogP contribution in [0.5, 0.6) is 0 Å². The van der Waals surface area contributed by atoms with E-state index < -0.39 is 0 Å². The third kappa shape index (κ3) is 3.11. The third-order valence-corrected chi connectivity index (χ3v) is 4.26. The Morgan fingerprint density at radius 2 is 2.12 bits per heavy atom. The molecule has 2 aromatic rings. The minimum absolute atomic E-state index is 0.229. The van der Waals surface area contributed by atoms with Gasteiger partial charge in [0.25, 0.3) is 5.91 Å². The zero-order chi connectivity index (χ0) is 17.3. The topological polar surface area (TPSA) is 94.9 Å². The second kappa shape index (κ2) is 6.37. The summed E-state index contributed by atoms with van der Waals surface area (Å²) in [6.07, 6.45) is 1.61. The summed E-state index contributed by atoms with van der Waals surface area (Å²) in [6, 6.07) is 8.79.